The van der Waals surface area contributed by atoms with E-state index in [4.69, 9.17) is 5.11 Å². The molecule has 6 nitrogen and oxygen atoms in total. The molecule has 2 N–H and O–H groups in total. The minimum Gasteiger partial charge on any atom is -0.481 e. The molecule has 1 heterocycles. The second kappa shape index (κ2) is 8.26. The monoisotopic (exact) mass is 387 g/mol. The topological polar surface area (TPSA) is 84.2 Å². The number of hydrogen-bond donors (Lipinski definition) is 2. The van der Waals surface area contributed by atoms with E-state index in [0.29, 0.717) is 5.56 Å². The van der Waals surface area contributed by atoms with E-state index in [1.807, 2.05) is 6.26 Å². The van der Waals surface area contributed by atoms with Crippen LogP contribution in [-0.4, -0.2) is 33.0 Å². The molecular formula is C16H16F3N3O3S. The predicted octanol–water partition coefficient (Wildman–Crippen LogP) is 2.96. The van der Waals surface area contributed by atoms with Gasteiger partial charge in [0.25, 0.3) is 0 Å². The van der Waals surface area contributed by atoms with Crippen molar-refractivity contribution >= 4 is 23.6 Å². The van der Waals surface area contributed by atoms with Gasteiger partial charge in [-0.15, -0.1) is 11.8 Å². The Kier molecular flexibility index (Phi) is 6.30. The molecule has 0 aliphatic heterocycles. The number of alkyl halides is 3. The van der Waals surface area contributed by atoms with Crippen LogP contribution in [0.3, 0.4) is 0 Å². The van der Waals surface area contributed by atoms with Crippen molar-refractivity contribution in [3.8, 4) is 0 Å². The number of halogens is 3. The average Bonchev–Trinajstić information content (AvgIpc) is 3.02. The number of aromatic nitrogens is 2. The highest BCUT2D eigenvalue weighted by atomic mass is 32.2. The number of carboxylic acids is 1. The summed E-state index contributed by atoms with van der Waals surface area (Å²) in [4.78, 5) is 24.1. The summed E-state index contributed by atoms with van der Waals surface area (Å²) in [7, 11) is 0. The van der Waals surface area contributed by atoms with Gasteiger partial charge in [0.05, 0.1) is 12.5 Å². The minimum absolute atomic E-state index is 0.350. The summed E-state index contributed by atoms with van der Waals surface area (Å²) in [6, 6.07) is 6.97. The van der Waals surface area contributed by atoms with Gasteiger partial charge in [-0.3, -0.25) is 14.3 Å². The summed E-state index contributed by atoms with van der Waals surface area (Å²) in [5.41, 5.74) is -0.505. The van der Waals surface area contributed by atoms with Crippen molar-refractivity contribution in [2.45, 2.75) is 30.1 Å². The number of carboxylic acid groups (broad SMARTS) is 1. The van der Waals surface area contributed by atoms with E-state index >= 15 is 0 Å². The summed E-state index contributed by atoms with van der Waals surface area (Å²) in [5, 5.41) is 14.9. The molecule has 1 atom stereocenters. The molecule has 10 heteroatoms. The van der Waals surface area contributed by atoms with Crippen LogP contribution in [0.4, 0.5) is 13.2 Å². The van der Waals surface area contributed by atoms with Crippen molar-refractivity contribution in [1.29, 1.82) is 0 Å². The molecule has 2 rings (SSSR count). The third kappa shape index (κ3) is 5.51. The Morgan fingerprint density at radius 3 is 2.42 bits per heavy atom. The average molecular weight is 387 g/mol. The molecule has 0 radical (unpaired) electrons. The van der Waals surface area contributed by atoms with Gasteiger partial charge >= 0.3 is 12.1 Å². The molecule has 0 bridgehead atoms. The van der Waals surface area contributed by atoms with Crippen molar-refractivity contribution in [1.82, 2.24) is 15.1 Å². The number of thioether (sulfide) groups is 1. The molecule has 0 aliphatic carbocycles. The van der Waals surface area contributed by atoms with Crippen LogP contribution in [-0.2, 0) is 22.3 Å². The van der Waals surface area contributed by atoms with Gasteiger partial charge in [-0.1, -0.05) is 12.1 Å². The fraction of sp³-hybridized carbons (Fsp3) is 0.312. The Hall–Kier alpha value is -2.49. The number of amides is 1. The maximum Gasteiger partial charge on any atom is 0.435 e. The molecule has 1 unspecified atom stereocenters. The number of rotatable bonds is 7. The fourth-order valence-electron chi connectivity index (χ4n) is 2.25. The third-order valence-electron chi connectivity index (χ3n) is 3.47. The van der Waals surface area contributed by atoms with Gasteiger partial charge in [0.2, 0.25) is 5.91 Å². The van der Waals surface area contributed by atoms with Gasteiger partial charge < -0.3 is 10.4 Å². The molecule has 140 valence electrons. The molecular weight excluding hydrogens is 371 g/mol. The van der Waals surface area contributed by atoms with Crippen molar-refractivity contribution in [3.63, 3.8) is 0 Å². The van der Waals surface area contributed by atoms with E-state index in [2.05, 4.69) is 10.4 Å². The number of hydrogen-bond acceptors (Lipinski definition) is 4. The zero-order valence-electron chi connectivity index (χ0n) is 13.7. The molecule has 0 saturated heterocycles. The van der Waals surface area contributed by atoms with Gasteiger partial charge in [-0.2, -0.15) is 18.3 Å². The number of carbonyl (C=O) groups excluding carboxylic acids is 1. The van der Waals surface area contributed by atoms with Gasteiger partial charge in [0.1, 0.15) is 6.54 Å². The fourth-order valence-corrected chi connectivity index (χ4v) is 2.66. The summed E-state index contributed by atoms with van der Waals surface area (Å²) in [6.45, 7) is -0.449. The largest absolute Gasteiger partial charge is 0.481 e. The molecule has 1 amide bonds. The highest BCUT2D eigenvalue weighted by Gasteiger charge is 2.33. The summed E-state index contributed by atoms with van der Waals surface area (Å²) in [5.74, 6) is -1.75. The standard InChI is InChI=1S/C16H16F3N3O3S/c1-26-11-4-2-10(3-5-11)12(8-15(24)25)20-14(23)9-22-7-6-13(21-22)16(17,18)19/h2-7,12H,8-9H2,1H3,(H,20,23)(H,24,25). The Morgan fingerprint density at radius 1 is 1.27 bits per heavy atom. The summed E-state index contributed by atoms with van der Waals surface area (Å²) in [6.07, 6.45) is -2.00. The first kappa shape index (κ1) is 19.8. The number of nitrogens with zero attached hydrogens (tertiary/aromatic N) is 2. The van der Waals surface area contributed by atoms with E-state index in [9.17, 15) is 22.8 Å². The lowest BCUT2D eigenvalue weighted by atomic mass is 10.0. The Labute approximate surface area is 151 Å². The van der Waals surface area contributed by atoms with Crippen LogP contribution >= 0.6 is 11.8 Å². The lowest BCUT2D eigenvalue weighted by molar-refractivity contribution is -0.142. The molecule has 0 aliphatic rings. The third-order valence-corrected chi connectivity index (χ3v) is 4.21. The maximum atomic E-state index is 12.5. The van der Waals surface area contributed by atoms with Gasteiger partial charge in [-0.25, -0.2) is 0 Å². The van der Waals surface area contributed by atoms with Crippen molar-refractivity contribution in [2.75, 3.05) is 6.26 Å². The molecule has 0 saturated carbocycles. The smallest absolute Gasteiger partial charge is 0.435 e. The first-order chi connectivity index (χ1) is 12.2. The van der Waals surface area contributed by atoms with Crippen LogP contribution in [0.25, 0.3) is 0 Å². The first-order valence-electron chi connectivity index (χ1n) is 7.45. The van der Waals surface area contributed by atoms with Gasteiger partial charge in [-0.05, 0) is 30.0 Å². The van der Waals surface area contributed by atoms with E-state index in [0.717, 1.165) is 21.8 Å². The SMILES string of the molecule is CSc1ccc(C(CC(=O)O)NC(=O)Cn2ccc(C(F)(F)F)n2)cc1. The summed E-state index contributed by atoms with van der Waals surface area (Å²) >= 11 is 1.52. The van der Waals surface area contributed by atoms with Crippen LogP contribution in [0.5, 0.6) is 0 Å². The Balaban J connectivity index is 2.08. The maximum absolute atomic E-state index is 12.5. The van der Waals surface area contributed by atoms with Crippen LogP contribution in [0.15, 0.2) is 41.4 Å². The van der Waals surface area contributed by atoms with Gasteiger partial charge in [0, 0.05) is 11.1 Å². The summed E-state index contributed by atoms with van der Waals surface area (Å²) < 4.78 is 38.4. The van der Waals surface area contributed by atoms with E-state index in [1.165, 1.54) is 11.8 Å². The normalized spacial score (nSPS) is 12.6. The number of nitrogens with one attached hydrogen (secondary N) is 1. The number of benzene rings is 1. The van der Waals surface area contributed by atoms with E-state index < -0.39 is 36.3 Å². The quantitative estimate of drug-likeness (QED) is 0.714. The van der Waals surface area contributed by atoms with Crippen LogP contribution in [0.2, 0.25) is 0 Å². The van der Waals surface area contributed by atoms with Crippen molar-refractivity contribution in [2.24, 2.45) is 0 Å². The Bertz CT molecular complexity index is 775. The zero-order valence-corrected chi connectivity index (χ0v) is 14.5. The lowest BCUT2D eigenvalue weighted by Gasteiger charge is -2.18. The predicted molar refractivity (Wildman–Crippen MR) is 88.6 cm³/mol. The second-order valence-electron chi connectivity index (χ2n) is 5.39. The zero-order chi connectivity index (χ0) is 19.3. The van der Waals surface area contributed by atoms with Gasteiger partial charge in [0.15, 0.2) is 5.69 Å². The van der Waals surface area contributed by atoms with Crippen LogP contribution < -0.4 is 5.32 Å². The van der Waals surface area contributed by atoms with Crippen LogP contribution in [0, 0.1) is 0 Å². The number of aliphatic carboxylic acids is 1. The van der Waals surface area contributed by atoms with Crippen molar-refractivity contribution < 1.29 is 27.9 Å². The molecule has 26 heavy (non-hydrogen) atoms. The Morgan fingerprint density at radius 2 is 1.92 bits per heavy atom. The van der Waals surface area contributed by atoms with Crippen LogP contribution in [0.1, 0.15) is 23.7 Å². The molecule has 1 aromatic carbocycles. The highest BCUT2D eigenvalue weighted by Crippen LogP contribution is 2.27. The van der Waals surface area contributed by atoms with Crippen molar-refractivity contribution in [3.05, 3.63) is 47.8 Å². The van der Waals surface area contributed by atoms with E-state index in [-0.39, 0.29) is 6.42 Å². The second-order valence-corrected chi connectivity index (χ2v) is 6.27. The molecule has 2 aromatic rings. The molecule has 1 aromatic heterocycles. The lowest BCUT2D eigenvalue weighted by Crippen LogP contribution is -2.33. The minimum atomic E-state index is -4.59. The number of carbonyl (C=O) groups is 2. The molecule has 0 fully saturated rings. The van der Waals surface area contributed by atoms with E-state index in [1.54, 1.807) is 24.3 Å². The first-order valence-corrected chi connectivity index (χ1v) is 8.67. The highest BCUT2D eigenvalue weighted by molar-refractivity contribution is 7.98. The molecule has 0 spiro atoms.